The number of hydrogen-bond acceptors (Lipinski definition) is 2. The fourth-order valence-corrected chi connectivity index (χ4v) is 2.09. The van der Waals surface area contributed by atoms with Crippen molar-refractivity contribution in [1.29, 1.82) is 0 Å². The molecule has 1 amide bonds. The van der Waals surface area contributed by atoms with Crippen LogP contribution in [0.4, 0.5) is 5.82 Å². The summed E-state index contributed by atoms with van der Waals surface area (Å²) >= 11 is 5.90. The molecule has 1 atom stereocenters. The van der Waals surface area contributed by atoms with Crippen LogP contribution in [0.25, 0.3) is 6.08 Å². The molecule has 2 rings (SSSR count). The Balaban J connectivity index is 2.04. The number of carbonyl (C=O) groups is 1. The quantitative estimate of drug-likeness (QED) is 0.843. The Hall–Kier alpha value is -2.07. The molecule has 5 heteroatoms. The lowest BCUT2D eigenvalue weighted by molar-refractivity contribution is -0.111. The SMILES string of the molecule is CCC(C)n1nccc1NC(=O)/C=C/c1cccc(Cl)c1. The first kappa shape index (κ1) is 15.3. The second-order valence-corrected chi connectivity index (χ2v) is 5.23. The van der Waals surface area contributed by atoms with Gasteiger partial charge < -0.3 is 5.32 Å². The van der Waals surface area contributed by atoms with E-state index in [2.05, 4.69) is 24.3 Å². The van der Waals surface area contributed by atoms with Gasteiger partial charge in [0.05, 0.1) is 12.2 Å². The van der Waals surface area contributed by atoms with Gasteiger partial charge in [-0.25, -0.2) is 4.68 Å². The summed E-state index contributed by atoms with van der Waals surface area (Å²) in [5, 5.41) is 7.71. The van der Waals surface area contributed by atoms with Crippen molar-refractivity contribution in [2.24, 2.45) is 0 Å². The minimum absolute atomic E-state index is 0.194. The van der Waals surface area contributed by atoms with E-state index in [0.29, 0.717) is 10.8 Å². The van der Waals surface area contributed by atoms with Crippen molar-refractivity contribution < 1.29 is 4.79 Å². The van der Waals surface area contributed by atoms with E-state index in [1.54, 1.807) is 30.5 Å². The number of rotatable bonds is 5. The molecule has 1 aromatic heterocycles. The summed E-state index contributed by atoms with van der Waals surface area (Å²) in [5.41, 5.74) is 0.882. The molecule has 1 aromatic carbocycles. The van der Waals surface area contributed by atoms with Crippen molar-refractivity contribution >= 4 is 29.4 Å². The van der Waals surface area contributed by atoms with E-state index in [-0.39, 0.29) is 11.9 Å². The number of benzene rings is 1. The highest BCUT2D eigenvalue weighted by atomic mass is 35.5. The summed E-state index contributed by atoms with van der Waals surface area (Å²) in [5.74, 6) is 0.505. The van der Waals surface area contributed by atoms with E-state index in [1.165, 1.54) is 6.08 Å². The van der Waals surface area contributed by atoms with Crippen molar-refractivity contribution in [3.8, 4) is 0 Å². The second kappa shape index (κ2) is 7.09. The highest BCUT2D eigenvalue weighted by molar-refractivity contribution is 6.30. The average Bonchev–Trinajstić information content (AvgIpc) is 2.92. The Bertz CT molecular complexity index is 648. The molecule has 0 aliphatic carbocycles. The maximum Gasteiger partial charge on any atom is 0.249 e. The van der Waals surface area contributed by atoms with Crippen molar-refractivity contribution in [3.05, 3.63) is 53.2 Å². The summed E-state index contributed by atoms with van der Waals surface area (Å²) in [6.45, 7) is 4.14. The van der Waals surface area contributed by atoms with Crippen molar-refractivity contribution in [2.45, 2.75) is 26.3 Å². The maximum atomic E-state index is 12.0. The predicted octanol–water partition coefficient (Wildman–Crippen LogP) is 4.16. The number of hydrogen-bond donors (Lipinski definition) is 1. The van der Waals surface area contributed by atoms with Crippen molar-refractivity contribution in [2.75, 3.05) is 5.32 Å². The van der Waals surface area contributed by atoms with Crippen molar-refractivity contribution in [3.63, 3.8) is 0 Å². The van der Waals surface area contributed by atoms with E-state index in [0.717, 1.165) is 12.0 Å². The normalized spacial score (nSPS) is 12.5. The van der Waals surface area contributed by atoms with Crippen LogP contribution in [0.15, 0.2) is 42.6 Å². The molecule has 0 saturated carbocycles. The number of anilines is 1. The van der Waals surface area contributed by atoms with Crippen LogP contribution in [0, 0.1) is 0 Å². The van der Waals surface area contributed by atoms with Gasteiger partial charge in [0.15, 0.2) is 0 Å². The van der Waals surface area contributed by atoms with E-state index in [9.17, 15) is 4.79 Å². The van der Waals surface area contributed by atoms with Gasteiger partial charge in [0, 0.05) is 17.2 Å². The molecule has 1 heterocycles. The van der Waals surface area contributed by atoms with Crippen LogP contribution in [0.3, 0.4) is 0 Å². The van der Waals surface area contributed by atoms with Gasteiger partial charge in [0.25, 0.3) is 0 Å². The first-order valence-corrected chi connectivity index (χ1v) is 7.26. The van der Waals surface area contributed by atoms with Gasteiger partial charge in [-0.3, -0.25) is 4.79 Å². The number of carbonyl (C=O) groups excluding carboxylic acids is 1. The fraction of sp³-hybridized carbons (Fsp3) is 0.250. The van der Waals surface area contributed by atoms with Gasteiger partial charge in [0.1, 0.15) is 5.82 Å². The van der Waals surface area contributed by atoms with Crippen LogP contribution < -0.4 is 5.32 Å². The van der Waals surface area contributed by atoms with Crippen LogP contribution in [0.2, 0.25) is 5.02 Å². The molecule has 0 aliphatic heterocycles. The molecule has 4 nitrogen and oxygen atoms in total. The molecule has 0 bridgehead atoms. The summed E-state index contributed by atoms with van der Waals surface area (Å²) in [6, 6.07) is 9.36. The highest BCUT2D eigenvalue weighted by Gasteiger charge is 2.09. The summed E-state index contributed by atoms with van der Waals surface area (Å²) in [6.07, 6.45) is 5.84. The third-order valence-corrected chi connectivity index (χ3v) is 3.44. The molecule has 0 saturated heterocycles. The van der Waals surface area contributed by atoms with Gasteiger partial charge >= 0.3 is 0 Å². The summed E-state index contributed by atoms with van der Waals surface area (Å²) in [7, 11) is 0. The number of nitrogens with zero attached hydrogens (tertiary/aromatic N) is 2. The first-order valence-electron chi connectivity index (χ1n) is 6.88. The van der Waals surface area contributed by atoms with E-state index in [1.807, 2.05) is 16.8 Å². The number of nitrogens with one attached hydrogen (secondary N) is 1. The Kier molecular flexibility index (Phi) is 5.17. The lowest BCUT2D eigenvalue weighted by Gasteiger charge is -2.13. The Morgan fingerprint density at radius 3 is 3.00 bits per heavy atom. The Morgan fingerprint density at radius 1 is 1.48 bits per heavy atom. The molecular weight excluding hydrogens is 286 g/mol. The van der Waals surface area contributed by atoms with Crippen molar-refractivity contribution in [1.82, 2.24) is 9.78 Å². The molecule has 110 valence electrons. The molecule has 0 radical (unpaired) electrons. The van der Waals surface area contributed by atoms with E-state index >= 15 is 0 Å². The van der Waals surface area contributed by atoms with Crippen LogP contribution in [-0.4, -0.2) is 15.7 Å². The van der Waals surface area contributed by atoms with Crippen LogP contribution in [-0.2, 0) is 4.79 Å². The van der Waals surface area contributed by atoms with Gasteiger partial charge in [-0.2, -0.15) is 5.10 Å². The van der Waals surface area contributed by atoms with Gasteiger partial charge in [-0.05, 0) is 37.1 Å². The summed E-state index contributed by atoms with van der Waals surface area (Å²) < 4.78 is 1.81. The first-order chi connectivity index (χ1) is 10.1. The topological polar surface area (TPSA) is 46.9 Å². The monoisotopic (exact) mass is 303 g/mol. The number of halogens is 1. The molecular formula is C16H18ClN3O. The zero-order chi connectivity index (χ0) is 15.2. The minimum Gasteiger partial charge on any atom is -0.307 e. The molecule has 0 fully saturated rings. The smallest absolute Gasteiger partial charge is 0.249 e. The average molecular weight is 304 g/mol. The van der Waals surface area contributed by atoms with Crippen LogP contribution >= 0.6 is 11.6 Å². The lowest BCUT2D eigenvalue weighted by Crippen LogP contribution is -2.15. The van der Waals surface area contributed by atoms with E-state index < -0.39 is 0 Å². The van der Waals surface area contributed by atoms with Gasteiger partial charge in [-0.15, -0.1) is 0 Å². The Labute approximate surface area is 129 Å². The third-order valence-electron chi connectivity index (χ3n) is 3.21. The second-order valence-electron chi connectivity index (χ2n) is 4.80. The minimum atomic E-state index is -0.194. The third kappa shape index (κ3) is 4.20. The Morgan fingerprint density at radius 2 is 2.29 bits per heavy atom. The summed E-state index contributed by atoms with van der Waals surface area (Å²) in [4.78, 5) is 12.0. The van der Waals surface area contributed by atoms with Gasteiger partial charge in [-0.1, -0.05) is 30.7 Å². The van der Waals surface area contributed by atoms with E-state index in [4.69, 9.17) is 11.6 Å². The molecule has 21 heavy (non-hydrogen) atoms. The molecule has 1 unspecified atom stereocenters. The fourth-order valence-electron chi connectivity index (χ4n) is 1.89. The van der Waals surface area contributed by atoms with Crippen LogP contribution in [0.1, 0.15) is 31.9 Å². The molecule has 2 aromatic rings. The zero-order valence-electron chi connectivity index (χ0n) is 12.1. The number of aromatic nitrogens is 2. The predicted molar refractivity (Wildman–Crippen MR) is 86.3 cm³/mol. The largest absolute Gasteiger partial charge is 0.307 e. The molecule has 1 N–H and O–H groups in total. The highest BCUT2D eigenvalue weighted by Crippen LogP contribution is 2.16. The molecule has 0 spiro atoms. The van der Waals surface area contributed by atoms with Crippen LogP contribution in [0.5, 0.6) is 0 Å². The standard InChI is InChI=1S/C16H18ClN3O/c1-3-12(2)20-15(9-10-18-20)19-16(21)8-7-13-5-4-6-14(17)11-13/h4-12H,3H2,1-2H3,(H,19,21)/b8-7+. The lowest BCUT2D eigenvalue weighted by atomic mass is 10.2. The number of amides is 1. The van der Waals surface area contributed by atoms with Gasteiger partial charge in [0.2, 0.25) is 5.91 Å². The molecule has 0 aliphatic rings. The maximum absolute atomic E-state index is 12.0. The zero-order valence-corrected chi connectivity index (χ0v) is 12.8.